The molecule has 2 fully saturated rings. The summed E-state index contributed by atoms with van der Waals surface area (Å²) in [5.74, 6) is 0.888. The fourth-order valence-corrected chi connectivity index (χ4v) is 5.00. The van der Waals surface area contributed by atoms with Crippen molar-refractivity contribution in [2.45, 2.75) is 44.2 Å². The molecule has 0 aromatic heterocycles. The lowest BCUT2D eigenvalue weighted by Crippen LogP contribution is -2.62. The van der Waals surface area contributed by atoms with E-state index in [-0.39, 0.29) is 0 Å². The summed E-state index contributed by atoms with van der Waals surface area (Å²) in [6.07, 6.45) is 5.28. The number of nitrogens with zero attached hydrogens (tertiary/aromatic N) is 1. The van der Waals surface area contributed by atoms with Crippen molar-refractivity contribution in [3.63, 3.8) is 0 Å². The van der Waals surface area contributed by atoms with Crippen molar-refractivity contribution in [3.05, 3.63) is 21.1 Å². The number of piperazine rings is 1. The van der Waals surface area contributed by atoms with Crippen LogP contribution in [0.3, 0.4) is 0 Å². The Morgan fingerprint density at radius 1 is 1.24 bits per heavy atom. The number of nitrogens with one attached hydrogen (secondary N) is 1. The van der Waals surface area contributed by atoms with E-state index in [1.807, 2.05) is 0 Å². The molecular formula is C16H22Br2N2O. The molecule has 0 radical (unpaired) electrons. The van der Waals surface area contributed by atoms with Crippen LogP contribution in [0.1, 0.15) is 32.6 Å². The van der Waals surface area contributed by atoms with Crippen molar-refractivity contribution in [3.8, 4) is 5.75 Å². The first-order valence-electron chi connectivity index (χ1n) is 7.59. The van der Waals surface area contributed by atoms with Gasteiger partial charge in [-0.25, -0.2) is 0 Å². The van der Waals surface area contributed by atoms with E-state index in [2.05, 4.69) is 61.1 Å². The average molecular weight is 418 g/mol. The predicted octanol–water partition coefficient (Wildman–Crippen LogP) is 4.33. The Labute approximate surface area is 143 Å². The van der Waals surface area contributed by atoms with E-state index in [0.717, 1.165) is 27.8 Å². The summed E-state index contributed by atoms with van der Waals surface area (Å²) in [7, 11) is 1.72. The highest BCUT2D eigenvalue weighted by molar-refractivity contribution is 9.11. The van der Waals surface area contributed by atoms with Crippen molar-refractivity contribution >= 4 is 37.5 Å². The quantitative estimate of drug-likeness (QED) is 0.774. The number of halogens is 2. The summed E-state index contributed by atoms with van der Waals surface area (Å²) in [6, 6.07) is 4.71. The molecule has 116 valence electrons. The average Bonchev–Trinajstić information content (AvgIpc) is 2.91. The molecule has 1 N–H and O–H groups in total. The molecule has 2 aliphatic rings. The van der Waals surface area contributed by atoms with Crippen molar-refractivity contribution in [1.82, 2.24) is 5.32 Å². The Kier molecular flexibility index (Phi) is 4.53. The van der Waals surface area contributed by atoms with Crippen LogP contribution in [0.2, 0.25) is 0 Å². The second-order valence-corrected chi connectivity index (χ2v) is 7.99. The van der Waals surface area contributed by atoms with Crippen LogP contribution in [0.4, 0.5) is 5.69 Å². The second-order valence-electron chi connectivity index (χ2n) is 6.28. The highest BCUT2D eigenvalue weighted by Crippen LogP contribution is 2.41. The Balaban J connectivity index is 1.94. The standard InChI is InChI=1S/C16H22Br2N2O/c1-11-9-19-16(5-3-4-6-16)10-20(11)14-8-15(21-2)13(18)7-12(14)17/h7-8,11,19H,3-6,9-10H2,1-2H3. The topological polar surface area (TPSA) is 24.5 Å². The molecule has 0 bridgehead atoms. The summed E-state index contributed by atoms with van der Waals surface area (Å²) in [4.78, 5) is 2.53. The van der Waals surface area contributed by atoms with E-state index in [0.29, 0.717) is 11.6 Å². The molecule has 1 aliphatic carbocycles. The molecule has 1 spiro atoms. The summed E-state index contributed by atoms with van der Waals surface area (Å²) >= 11 is 7.28. The van der Waals surface area contributed by atoms with Gasteiger partial charge < -0.3 is 15.0 Å². The van der Waals surface area contributed by atoms with Gasteiger partial charge in [0.15, 0.2) is 0 Å². The van der Waals surface area contributed by atoms with Gasteiger partial charge in [0.05, 0.1) is 17.3 Å². The molecule has 5 heteroatoms. The van der Waals surface area contributed by atoms with Gasteiger partial charge >= 0.3 is 0 Å². The maximum atomic E-state index is 5.47. The van der Waals surface area contributed by atoms with E-state index >= 15 is 0 Å². The minimum Gasteiger partial charge on any atom is -0.495 e. The molecule has 0 amide bonds. The minimum absolute atomic E-state index is 0.312. The Morgan fingerprint density at radius 2 is 1.95 bits per heavy atom. The molecule has 3 nitrogen and oxygen atoms in total. The molecule has 1 saturated heterocycles. The molecule has 1 heterocycles. The number of ether oxygens (including phenoxy) is 1. The molecule has 1 unspecified atom stereocenters. The number of anilines is 1. The molecule has 1 aliphatic heterocycles. The van der Waals surface area contributed by atoms with Crippen molar-refractivity contribution in [1.29, 1.82) is 0 Å². The van der Waals surface area contributed by atoms with Gasteiger partial charge in [0.1, 0.15) is 5.75 Å². The van der Waals surface area contributed by atoms with Gasteiger partial charge in [0.2, 0.25) is 0 Å². The van der Waals surface area contributed by atoms with Crippen molar-refractivity contribution in [2.75, 3.05) is 25.1 Å². The lowest BCUT2D eigenvalue weighted by atomic mass is 9.92. The van der Waals surface area contributed by atoms with E-state index in [4.69, 9.17) is 4.74 Å². The van der Waals surface area contributed by atoms with E-state index in [9.17, 15) is 0 Å². The fraction of sp³-hybridized carbons (Fsp3) is 0.625. The highest BCUT2D eigenvalue weighted by Gasteiger charge is 2.40. The summed E-state index contributed by atoms with van der Waals surface area (Å²) in [6.45, 7) is 4.41. The Hall–Kier alpha value is -0.260. The third kappa shape index (κ3) is 2.97. The van der Waals surface area contributed by atoms with E-state index in [1.165, 1.54) is 31.4 Å². The molecular weight excluding hydrogens is 396 g/mol. The smallest absolute Gasteiger partial charge is 0.135 e. The first kappa shape index (κ1) is 15.6. The van der Waals surface area contributed by atoms with Crippen molar-refractivity contribution in [2.24, 2.45) is 0 Å². The molecule has 1 saturated carbocycles. The number of rotatable bonds is 2. The van der Waals surface area contributed by atoms with Gasteiger partial charge in [-0.1, -0.05) is 12.8 Å². The van der Waals surface area contributed by atoms with Crippen LogP contribution in [-0.2, 0) is 0 Å². The van der Waals surface area contributed by atoms with Crippen LogP contribution < -0.4 is 15.0 Å². The van der Waals surface area contributed by atoms with E-state index in [1.54, 1.807) is 7.11 Å². The van der Waals surface area contributed by atoms with Gasteiger partial charge in [0, 0.05) is 35.2 Å². The first-order chi connectivity index (χ1) is 10.0. The van der Waals surface area contributed by atoms with Gasteiger partial charge in [0.25, 0.3) is 0 Å². The fourth-order valence-electron chi connectivity index (χ4n) is 3.62. The van der Waals surface area contributed by atoms with Crippen LogP contribution in [0.25, 0.3) is 0 Å². The largest absolute Gasteiger partial charge is 0.495 e. The van der Waals surface area contributed by atoms with E-state index < -0.39 is 0 Å². The minimum atomic E-state index is 0.312. The number of hydrogen-bond acceptors (Lipinski definition) is 3. The molecule has 21 heavy (non-hydrogen) atoms. The Morgan fingerprint density at radius 3 is 2.62 bits per heavy atom. The van der Waals surface area contributed by atoms with Crippen molar-refractivity contribution < 1.29 is 4.74 Å². The zero-order chi connectivity index (χ0) is 15.0. The molecule has 1 atom stereocenters. The molecule has 3 rings (SSSR count). The highest BCUT2D eigenvalue weighted by atomic mass is 79.9. The second kappa shape index (κ2) is 6.09. The van der Waals surface area contributed by atoms with Crippen LogP contribution in [0.15, 0.2) is 21.1 Å². The van der Waals surface area contributed by atoms with Crippen LogP contribution in [0.5, 0.6) is 5.75 Å². The SMILES string of the molecule is COc1cc(N2CC3(CCCC3)NCC2C)c(Br)cc1Br. The Bertz CT molecular complexity index is 529. The van der Waals surface area contributed by atoms with Gasteiger partial charge in [-0.2, -0.15) is 0 Å². The third-order valence-corrected chi connectivity index (χ3v) is 6.12. The summed E-state index contributed by atoms with van der Waals surface area (Å²) in [5.41, 5.74) is 1.54. The number of methoxy groups -OCH3 is 1. The predicted molar refractivity (Wildman–Crippen MR) is 94.4 cm³/mol. The van der Waals surface area contributed by atoms with Crippen LogP contribution in [-0.4, -0.2) is 31.8 Å². The van der Waals surface area contributed by atoms with Gasteiger partial charge in [-0.05, 0) is 57.7 Å². The monoisotopic (exact) mass is 416 g/mol. The molecule has 1 aromatic rings. The maximum Gasteiger partial charge on any atom is 0.135 e. The normalized spacial score (nSPS) is 24.6. The van der Waals surface area contributed by atoms with Crippen LogP contribution in [0, 0.1) is 0 Å². The van der Waals surface area contributed by atoms with Gasteiger partial charge in [-0.3, -0.25) is 0 Å². The summed E-state index contributed by atoms with van der Waals surface area (Å²) in [5, 5.41) is 3.81. The first-order valence-corrected chi connectivity index (χ1v) is 9.18. The lowest BCUT2D eigenvalue weighted by Gasteiger charge is -2.47. The zero-order valence-corrected chi connectivity index (χ0v) is 15.8. The number of hydrogen-bond donors (Lipinski definition) is 1. The van der Waals surface area contributed by atoms with Gasteiger partial charge in [-0.15, -0.1) is 0 Å². The van der Waals surface area contributed by atoms with Crippen LogP contribution >= 0.6 is 31.9 Å². The third-order valence-electron chi connectivity index (χ3n) is 4.87. The number of benzene rings is 1. The zero-order valence-electron chi connectivity index (χ0n) is 12.6. The lowest BCUT2D eigenvalue weighted by molar-refractivity contribution is 0.276. The maximum absolute atomic E-state index is 5.47. The molecule has 1 aromatic carbocycles. The summed E-state index contributed by atoms with van der Waals surface area (Å²) < 4.78 is 7.58.